The van der Waals surface area contributed by atoms with Gasteiger partial charge in [0, 0.05) is 25.5 Å². The van der Waals surface area contributed by atoms with Crippen LogP contribution in [-0.4, -0.2) is 42.5 Å². The monoisotopic (exact) mass is 334 g/mol. The Morgan fingerprint density at radius 2 is 2.04 bits per heavy atom. The number of hydrogen-bond donors (Lipinski definition) is 0. The van der Waals surface area contributed by atoms with Crippen LogP contribution in [0.3, 0.4) is 0 Å². The molecule has 0 unspecified atom stereocenters. The Morgan fingerprint density at radius 1 is 1.26 bits per heavy atom. The summed E-state index contributed by atoms with van der Waals surface area (Å²) in [5.74, 6) is 0.278. The maximum atomic E-state index is 12.4. The minimum absolute atomic E-state index is 0.0821. The van der Waals surface area contributed by atoms with E-state index in [4.69, 9.17) is 4.42 Å². The summed E-state index contributed by atoms with van der Waals surface area (Å²) in [4.78, 5) is 18.0. The first kappa shape index (κ1) is 15.7. The minimum atomic E-state index is -3.26. The van der Waals surface area contributed by atoms with Crippen LogP contribution in [0.1, 0.15) is 29.0 Å². The number of aromatic nitrogens is 1. The van der Waals surface area contributed by atoms with Crippen LogP contribution < -0.4 is 0 Å². The number of pyridine rings is 1. The first-order chi connectivity index (χ1) is 11.1. The summed E-state index contributed by atoms with van der Waals surface area (Å²) in [7, 11) is -3.26. The van der Waals surface area contributed by atoms with Gasteiger partial charge in [-0.3, -0.25) is 9.78 Å². The normalized spacial score (nSPS) is 16.4. The second-order valence-electron chi connectivity index (χ2n) is 5.62. The molecule has 1 aliphatic rings. The minimum Gasteiger partial charge on any atom is -0.468 e. The molecule has 1 fully saturated rings. The zero-order chi connectivity index (χ0) is 16.3. The first-order valence-electron chi connectivity index (χ1n) is 7.49. The van der Waals surface area contributed by atoms with Crippen molar-refractivity contribution in [2.75, 3.05) is 13.1 Å². The number of nitrogens with zero attached hydrogens (tertiary/aromatic N) is 2. The highest BCUT2D eigenvalue weighted by molar-refractivity contribution is 7.91. The number of rotatable bonds is 4. The average Bonchev–Trinajstić information content (AvgIpc) is 3.07. The fraction of sp³-hybridized carbons (Fsp3) is 0.375. The lowest BCUT2D eigenvalue weighted by atomic mass is 10.1. The SMILES string of the molecule is O=C(c1cccnc1)N1CCC(S(=O)(=O)Cc2ccco2)CC1. The molecule has 2 aromatic rings. The third-order valence-corrected chi connectivity index (χ3v) is 6.24. The largest absolute Gasteiger partial charge is 0.468 e. The number of hydrogen-bond acceptors (Lipinski definition) is 5. The van der Waals surface area contributed by atoms with Crippen molar-refractivity contribution in [1.82, 2.24) is 9.88 Å². The molecule has 0 aliphatic carbocycles. The molecule has 0 radical (unpaired) electrons. The maximum Gasteiger partial charge on any atom is 0.255 e. The van der Waals surface area contributed by atoms with Crippen molar-refractivity contribution in [3.63, 3.8) is 0 Å². The quantitative estimate of drug-likeness (QED) is 0.853. The molecule has 6 nitrogen and oxygen atoms in total. The van der Waals surface area contributed by atoms with Gasteiger partial charge in [0.15, 0.2) is 9.84 Å². The fourth-order valence-corrected chi connectivity index (χ4v) is 4.53. The average molecular weight is 334 g/mol. The summed E-state index contributed by atoms with van der Waals surface area (Å²) < 4.78 is 30.0. The van der Waals surface area contributed by atoms with Gasteiger partial charge in [0.25, 0.3) is 5.91 Å². The van der Waals surface area contributed by atoms with E-state index in [1.807, 2.05) is 0 Å². The van der Waals surface area contributed by atoms with Crippen molar-refractivity contribution in [1.29, 1.82) is 0 Å². The van der Waals surface area contributed by atoms with Gasteiger partial charge in [-0.15, -0.1) is 0 Å². The van der Waals surface area contributed by atoms with Gasteiger partial charge in [0.2, 0.25) is 0 Å². The fourth-order valence-electron chi connectivity index (χ4n) is 2.80. The van der Waals surface area contributed by atoms with E-state index in [-0.39, 0.29) is 11.7 Å². The molecule has 2 aromatic heterocycles. The molecule has 3 heterocycles. The topological polar surface area (TPSA) is 80.5 Å². The van der Waals surface area contributed by atoms with Gasteiger partial charge in [-0.1, -0.05) is 0 Å². The van der Waals surface area contributed by atoms with Crippen molar-refractivity contribution in [2.24, 2.45) is 0 Å². The predicted octanol–water partition coefficient (Wildman–Crippen LogP) is 1.89. The molecular formula is C16H18N2O4S. The second-order valence-corrected chi connectivity index (χ2v) is 7.90. The van der Waals surface area contributed by atoms with E-state index in [0.29, 0.717) is 37.3 Å². The number of amides is 1. The van der Waals surface area contributed by atoms with Crippen molar-refractivity contribution < 1.29 is 17.6 Å². The van der Waals surface area contributed by atoms with Gasteiger partial charge < -0.3 is 9.32 Å². The Morgan fingerprint density at radius 3 is 2.65 bits per heavy atom. The Balaban J connectivity index is 1.61. The molecule has 23 heavy (non-hydrogen) atoms. The lowest BCUT2D eigenvalue weighted by Crippen LogP contribution is -2.42. The van der Waals surface area contributed by atoms with Gasteiger partial charge in [0.1, 0.15) is 11.5 Å². The highest BCUT2D eigenvalue weighted by Gasteiger charge is 2.32. The smallest absolute Gasteiger partial charge is 0.255 e. The molecule has 0 saturated carbocycles. The van der Waals surface area contributed by atoms with Crippen molar-refractivity contribution >= 4 is 15.7 Å². The van der Waals surface area contributed by atoms with E-state index >= 15 is 0 Å². The molecule has 0 N–H and O–H groups in total. The number of likely N-dealkylation sites (tertiary alicyclic amines) is 1. The molecule has 0 bridgehead atoms. The molecule has 0 spiro atoms. The molecule has 122 valence electrons. The summed E-state index contributed by atoms with van der Waals surface area (Å²) in [5, 5.41) is -0.425. The zero-order valence-electron chi connectivity index (χ0n) is 12.6. The number of piperidine rings is 1. The van der Waals surface area contributed by atoms with Gasteiger partial charge in [-0.25, -0.2) is 8.42 Å². The van der Waals surface area contributed by atoms with E-state index in [1.165, 1.54) is 12.5 Å². The molecule has 0 aromatic carbocycles. The van der Waals surface area contributed by atoms with Crippen LogP contribution in [0.2, 0.25) is 0 Å². The van der Waals surface area contributed by atoms with Crippen LogP contribution >= 0.6 is 0 Å². The molecule has 7 heteroatoms. The molecular weight excluding hydrogens is 316 g/mol. The van der Waals surface area contributed by atoms with Gasteiger partial charge in [0.05, 0.1) is 17.1 Å². The lowest BCUT2D eigenvalue weighted by Gasteiger charge is -2.31. The van der Waals surface area contributed by atoms with Crippen LogP contribution in [0, 0.1) is 0 Å². The number of carbonyl (C=O) groups excluding carboxylic acids is 1. The summed E-state index contributed by atoms with van der Waals surface area (Å²) >= 11 is 0. The van der Waals surface area contributed by atoms with Crippen LogP contribution in [0.15, 0.2) is 47.3 Å². The van der Waals surface area contributed by atoms with E-state index < -0.39 is 15.1 Å². The van der Waals surface area contributed by atoms with Crippen molar-refractivity contribution in [3.8, 4) is 0 Å². The van der Waals surface area contributed by atoms with E-state index in [9.17, 15) is 13.2 Å². The summed E-state index contributed by atoms with van der Waals surface area (Å²) in [6.45, 7) is 0.881. The highest BCUT2D eigenvalue weighted by atomic mass is 32.2. The molecule has 1 aliphatic heterocycles. The number of sulfone groups is 1. The van der Waals surface area contributed by atoms with E-state index in [1.54, 1.807) is 35.4 Å². The van der Waals surface area contributed by atoms with E-state index in [2.05, 4.69) is 4.98 Å². The van der Waals surface area contributed by atoms with Crippen LogP contribution in [0.5, 0.6) is 0 Å². The molecule has 3 rings (SSSR count). The maximum absolute atomic E-state index is 12.4. The van der Waals surface area contributed by atoms with Gasteiger partial charge >= 0.3 is 0 Å². The van der Waals surface area contributed by atoms with Crippen molar-refractivity contribution in [3.05, 3.63) is 54.2 Å². The van der Waals surface area contributed by atoms with Crippen LogP contribution in [0.4, 0.5) is 0 Å². The number of carbonyl (C=O) groups is 1. The molecule has 1 saturated heterocycles. The number of furan rings is 1. The third-order valence-electron chi connectivity index (χ3n) is 4.07. The summed E-state index contributed by atoms with van der Waals surface area (Å²) in [6.07, 6.45) is 5.52. The summed E-state index contributed by atoms with van der Waals surface area (Å²) in [5.41, 5.74) is 0.532. The highest BCUT2D eigenvalue weighted by Crippen LogP contribution is 2.22. The van der Waals surface area contributed by atoms with Crippen LogP contribution in [0.25, 0.3) is 0 Å². The Hall–Kier alpha value is -2.15. The Kier molecular flexibility index (Phi) is 4.47. The zero-order valence-corrected chi connectivity index (χ0v) is 13.4. The second kappa shape index (κ2) is 6.54. The lowest BCUT2D eigenvalue weighted by molar-refractivity contribution is 0.0725. The van der Waals surface area contributed by atoms with Crippen LogP contribution in [-0.2, 0) is 15.6 Å². The molecule has 1 amide bonds. The van der Waals surface area contributed by atoms with E-state index in [0.717, 1.165) is 0 Å². The predicted molar refractivity (Wildman–Crippen MR) is 84.5 cm³/mol. The van der Waals surface area contributed by atoms with Gasteiger partial charge in [-0.05, 0) is 37.1 Å². The van der Waals surface area contributed by atoms with Crippen molar-refractivity contribution in [2.45, 2.75) is 23.8 Å². The first-order valence-corrected chi connectivity index (χ1v) is 9.21. The standard InChI is InChI=1S/C16H18N2O4S/c19-16(13-3-1-7-17-11-13)18-8-5-15(6-9-18)23(20,21)12-14-4-2-10-22-14/h1-4,7,10-11,15H,5-6,8-9,12H2. The Bertz CT molecular complexity index is 749. The third kappa shape index (κ3) is 3.61. The Labute approximate surface area is 135 Å². The van der Waals surface area contributed by atoms with Gasteiger partial charge in [-0.2, -0.15) is 0 Å². The summed E-state index contributed by atoms with van der Waals surface area (Å²) in [6, 6.07) is 6.78. The molecule has 0 atom stereocenters.